The van der Waals surface area contributed by atoms with Gasteiger partial charge in [0.15, 0.2) is 0 Å². The maximum Gasteiger partial charge on any atom is 3.00 e. The molecule has 0 rings (SSSR count). The van der Waals surface area contributed by atoms with Crippen LogP contribution < -0.4 is 28.8 Å². The van der Waals surface area contributed by atoms with Crippen molar-refractivity contribution in [2.75, 3.05) is 0 Å². The molecular formula is Al2Fe2O9Si3. The molecule has 0 radical (unpaired) electrons. The van der Waals surface area contributed by atoms with Crippen LogP contribution in [0.25, 0.3) is 0 Å². The summed E-state index contributed by atoms with van der Waals surface area (Å²) in [5.74, 6) is 0. The average Bonchev–Trinajstić information content (AvgIpc) is 1.54. The Kier molecular flexibility index (Phi) is 98.0. The minimum Gasteiger partial charge on any atom is -0.672 e. The van der Waals surface area contributed by atoms with Gasteiger partial charge in [-0.2, -0.15) is 0 Å². The smallest absolute Gasteiger partial charge is 0.672 e. The van der Waals surface area contributed by atoms with Crippen molar-refractivity contribution in [1.82, 2.24) is 0 Å². The van der Waals surface area contributed by atoms with Crippen LogP contribution in [0.15, 0.2) is 0 Å². The molecule has 0 saturated carbocycles. The van der Waals surface area contributed by atoms with Crippen molar-refractivity contribution in [3.05, 3.63) is 0 Å². The van der Waals surface area contributed by atoms with Crippen LogP contribution in [0.4, 0.5) is 0 Å². The van der Waals surface area contributed by atoms with E-state index in [1.54, 1.807) is 0 Å². The van der Waals surface area contributed by atoms with Gasteiger partial charge in [-0.15, -0.1) is 0 Å². The van der Waals surface area contributed by atoms with Crippen molar-refractivity contribution in [2.45, 2.75) is 0 Å². The normalized spacial score (nSPS) is 4.50. The third-order valence-electron chi connectivity index (χ3n) is 0. The Morgan fingerprint density at radius 3 is 0.500 bits per heavy atom. The zero-order valence-electron chi connectivity index (χ0n) is 7.04. The molecule has 0 N–H and O–H groups in total. The van der Waals surface area contributed by atoms with Crippen molar-refractivity contribution >= 4 is 62.2 Å². The first kappa shape index (κ1) is 43.6. The van der Waals surface area contributed by atoms with E-state index in [9.17, 15) is 0 Å². The fraction of sp³-hybridized carbons (Fsp3) is 0. The second-order valence-electron chi connectivity index (χ2n) is 0.750. The van der Waals surface area contributed by atoms with Gasteiger partial charge in [0.1, 0.15) is 0 Å². The van der Waals surface area contributed by atoms with Crippen LogP contribution in [0.1, 0.15) is 0 Å². The summed E-state index contributed by atoms with van der Waals surface area (Å²) in [5.41, 5.74) is 0. The van der Waals surface area contributed by atoms with Gasteiger partial charge in [0.05, 0.1) is 0 Å². The first-order valence-corrected chi connectivity index (χ1v) is 5.51. The van der Waals surface area contributed by atoms with Crippen LogP contribution in [0.5, 0.6) is 0 Å². The number of hydrogen-bond acceptors (Lipinski definition) is 9. The predicted octanol–water partition coefficient (Wildman–Crippen LogP) is -9.40. The Morgan fingerprint density at radius 2 is 0.500 bits per heavy atom. The van der Waals surface area contributed by atoms with Gasteiger partial charge in [0, 0.05) is 61.6 Å². The molecule has 0 unspecified atom stereocenters. The molecule has 0 heterocycles. The third kappa shape index (κ3) is 3200. The summed E-state index contributed by atoms with van der Waals surface area (Å²) < 4.78 is 25.6. The molecule has 16 heavy (non-hydrogen) atoms. The van der Waals surface area contributed by atoms with Crippen molar-refractivity contribution in [3.63, 3.8) is 0 Å². The van der Waals surface area contributed by atoms with E-state index < -0.39 is 27.5 Å². The predicted molar refractivity (Wildman–Crippen MR) is 30.8 cm³/mol. The van der Waals surface area contributed by atoms with E-state index in [1.807, 2.05) is 0 Å². The molecule has 0 aliphatic carbocycles. The van der Waals surface area contributed by atoms with Gasteiger partial charge in [-0.3, -0.25) is 0 Å². The Balaban J connectivity index is -0.0000000135. The Morgan fingerprint density at radius 1 is 0.500 bits per heavy atom. The molecule has 0 aromatic carbocycles. The quantitative estimate of drug-likeness (QED) is 0.359. The molecule has 0 amide bonds. The molecule has 0 aromatic heterocycles. The molecule has 0 aliphatic heterocycles. The van der Waals surface area contributed by atoms with E-state index in [0.29, 0.717) is 0 Å². The van der Waals surface area contributed by atoms with Crippen LogP contribution in [0, 0.1) is 0 Å². The largest absolute Gasteiger partial charge is 3.00 e. The summed E-state index contributed by atoms with van der Waals surface area (Å²) in [6.45, 7) is 0. The van der Waals surface area contributed by atoms with E-state index in [1.165, 1.54) is 0 Å². The van der Waals surface area contributed by atoms with Crippen LogP contribution in [0.2, 0.25) is 0 Å². The van der Waals surface area contributed by atoms with E-state index in [-0.39, 0.29) is 68.9 Å². The summed E-state index contributed by atoms with van der Waals surface area (Å²) in [5, 5.41) is 0. The van der Waals surface area contributed by atoms with Crippen LogP contribution in [0.3, 0.4) is 0 Å². The SMILES string of the molecule is O=[Si]([O-])[O-].O=[Si]([O-])[O-].O=[Si]([O-])[O-].[Al+3].[Al+3].[Fe].[Fe]. The zero-order valence-corrected chi connectivity index (χ0v) is 14.6. The van der Waals surface area contributed by atoms with Gasteiger partial charge in [-0.05, 0) is 0 Å². The average molecular weight is 394 g/mol. The second-order valence-corrected chi connectivity index (χ2v) is 2.25. The monoisotopic (exact) mass is 394 g/mol. The van der Waals surface area contributed by atoms with Gasteiger partial charge in [0.2, 0.25) is 0 Å². The number of rotatable bonds is 0. The molecule has 16 heteroatoms. The summed E-state index contributed by atoms with van der Waals surface area (Å²) in [7, 11) is -10.9. The minimum atomic E-state index is -3.63. The maximum absolute atomic E-state index is 8.52. The Labute approximate surface area is 137 Å². The van der Waals surface area contributed by atoms with Gasteiger partial charge >= 0.3 is 34.7 Å². The zero-order chi connectivity index (χ0) is 10.7. The maximum atomic E-state index is 8.52. The van der Waals surface area contributed by atoms with Gasteiger partial charge in [-0.1, -0.05) is 0 Å². The molecular weight excluding hydrogens is 394 g/mol. The van der Waals surface area contributed by atoms with Crippen molar-refractivity contribution in [1.29, 1.82) is 0 Å². The first-order valence-electron chi connectivity index (χ1n) is 1.84. The fourth-order valence-corrected chi connectivity index (χ4v) is 0. The molecule has 0 atom stereocenters. The molecule has 0 bridgehead atoms. The minimum absolute atomic E-state index is 0. The molecule has 9 nitrogen and oxygen atoms in total. The van der Waals surface area contributed by atoms with Crippen LogP contribution in [-0.2, 0) is 47.5 Å². The molecule has 88 valence electrons. The summed E-state index contributed by atoms with van der Waals surface area (Å²) in [4.78, 5) is 51.1. The molecule has 0 saturated heterocycles. The van der Waals surface area contributed by atoms with Gasteiger partial charge < -0.3 is 42.2 Å². The number of hydrogen-bond donors (Lipinski definition) is 0. The summed E-state index contributed by atoms with van der Waals surface area (Å²) in [6, 6.07) is 0. The van der Waals surface area contributed by atoms with Crippen LogP contribution in [-0.4, -0.2) is 62.2 Å². The van der Waals surface area contributed by atoms with Crippen molar-refractivity contribution in [2.24, 2.45) is 0 Å². The molecule has 0 fully saturated rings. The topological polar surface area (TPSA) is 190 Å². The molecule has 0 aromatic rings. The summed E-state index contributed by atoms with van der Waals surface area (Å²) >= 11 is 0. The van der Waals surface area contributed by atoms with Crippen molar-refractivity contribution < 1.29 is 76.3 Å². The van der Waals surface area contributed by atoms with E-state index in [4.69, 9.17) is 42.2 Å². The summed E-state index contributed by atoms with van der Waals surface area (Å²) in [6.07, 6.45) is 0. The standard InChI is InChI=1S/2Al.2Fe.3O3Si/c;;;;3*1-4(2)3/q2*+3;;;3*-2. The Hall–Kier alpha value is 0.955. The second kappa shape index (κ2) is 36.0. The van der Waals surface area contributed by atoms with Gasteiger partial charge in [-0.25, -0.2) is 0 Å². The van der Waals surface area contributed by atoms with E-state index in [0.717, 1.165) is 0 Å². The van der Waals surface area contributed by atoms with E-state index >= 15 is 0 Å². The fourth-order valence-electron chi connectivity index (χ4n) is 0. The Bertz CT molecular complexity index is 124. The third-order valence-corrected chi connectivity index (χ3v) is 0. The van der Waals surface area contributed by atoms with Crippen molar-refractivity contribution in [3.8, 4) is 0 Å². The molecule has 0 aliphatic rings. The molecule has 0 spiro atoms. The van der Waals surface area contributed by atoms with Crippen LogP contribution >= 0.6 is 0 Å². The first-order chi connectivity index (χ1) is 5.20. The van der Waals surface area contributed by atoms with E-state index in [2.05, 4.69) is 0 Å². The van der Waals surface area contributed by atoms with Gasteiger partial charge in [0.25, 0.3) is 0 Å².